The maximum absolute atomic E-state index is 13.3. The highest BCUT2D eigenvalue weighted by molar-refractivity contribution is 6.09. The molecule has 1 aliphatic heterocycles. The van der Waals surface area contributed by atoms with Gasteiger partial charge in [-0.1, -0.05) is 25.0 Å². The Morgan fingerprint density at radius 1 is 0.853 bits per heavy atom. The van der Waals surface area contributed by atoms with Gasteiger partial charge in [0, 0.05) is 30.2 Å². The van der Waals surface area contributed by atoms with Crippen LogP contribution >= 0.6 is 0 Å². The Morgan fingerprint density at radius 3 is 2.26 bits per heavy atom. The van der Waals surface area contributed by atoms with Gasteiger partial charge in [0.15, 0.2) is 0 Å². The van der Waals surface area contributed by atoms with Gasteiger partial charge in [-0.05, 0) is 74.9 Å². The van der Waals surface area contributed by atoms with Gasteiger partial charge >= 0.3 is 5.97 Å². The molecular weight excluding hydrogens is 430 g/mol. The Morgan fingerprint density at radius 2 is 1.56 bits per heavy atom. The Bertz CT molecular complexity index is 1060. The predicted octanol–water partition coefficient (Wildman–Crippen LogP) is 5.07. The summed E-state index contributed by atoms with van der Waals surface area (Å²) in [6.07, 6.45) is 6.10. The summed E-state index contributed by atoms with van der Waals surface area (Å²) in [6, 6.07) is 13.1. The number of carbonyl (C=O) groups is 3. The van der Waals surface area contributed by atoms with E-state index in [1.165, 1.54) is 6.42 Å². The molecule has 7 nitrogen and oxygen atoms in total. The first-order valence-corrected chi connectivity index (χ1v) is 12.2. The van der Waals surface area contributed by atoms with Crippen LogP contribution in [0, 0.1) is 18.8 Å². The predicted molar refractivity (Wildman–Crippen MR) is 133 cm³/mol. The maximum atomic E-state index is 13.3. The van der Waals surface area contributed by atoms with Crippen molar-refractivity contribution in [2.24, 2.45) is 11.8 Å². The molecule has 1 aliphatic carbocycles. The van der Waals surface area contributed by atoms with E-state index in [0.717, 1.165) is 55.7 Å². The average molecular weight is 464 g/mol. The van der Waals surface area contributed by atoms with Crippen LogP contribution in [0.25, 0.3) is 0 Å². The first kappa shape index (κ1) is 23.8. The zero-order valence-electron chi connectivity index (χ0n) is 19.7. The summed E-state index contributed by atoms with van der Waals surface area (Å²) in [5.74, 6) is -2.66. The third kappa shape index (κ3) is 5.58. The van der Waals surface area contributed by atoms with Crippen LogP contribution in [0.1, 0.15) is 60.9 Å². The number of nitrogens with zero attached hydrogens (tertiary/aromatic N) is 1. The van der Waals surface area contributed by atoms with Crippen molar-refractivity contribution in [3.63, 3.8) is 0 Å². The van der Waals surface area contributed by atoms with E-state index in [4.69, 9.17) is 0 Å². The SMILES string of the molecule is Cc1cccc(NC(=O)c2cc(NC(=O)[C@@H]3CCCC[C@@H]3C(=O)O)ccc2N2CCCCC2)c1. The number of hydrogen-bond donors (Lipinski definition) is 3. The van der Waals surface area contributed by atoms with Crippen LogP contribution in [0.15, 0.2) is 42.5 Å². The molecule has 1 saturated heterocycles. The molecule has 0 radical (unpaired) electrons. The molecule has 34 heavy (non-hydrogen) atoms. The van der Waals surface area contributed by atoms with Gasteiger partial charge in [-0.15, -0.1) is 0 Å². The second-order valence-corrected chi connectivity index (χ2v) is 9.43. The van der Waals surface area contributed by atoms with Crippen molar-refractivity contribution < 1.29 is 19.5 Å². The minimum atomic E-state index is -0.918. The molecule has 0 unspecified atom stereocenters. The molecule has 1 saturated carbocycles. The van der Waals surface area contributed by atoms with Crippen molar-refractivity contribution in [2.75, 3.05) is 28.6 Å². The number of amides is 2. The number of carbonyl (C=O) groups excluding carboxylic acids is 2. The van der Waals surface area contributed by atoms with E-state index < -0.39 is 17.8 Å². The van der Waals surface area contributed by atoms with Crippen LogP contribution in [0.2, 0.25) is 0 Å². The van der Waals surface area contributed by atoms with Gasteiger partial charge in [-0.3, -0.25) is 14.4 Å². The summed E-state index contributed by atoms with van der Waals surface area (Å²) in [4.78, 5) is 40.2. The zero-order chi connectivity index (χ0) is 24.1. The van der Waals surface area contributed by atoms with Crippen molar-refractivity contribution in [1.82, 2.24) is 0 Å². The molecule has 2 aromatic rings. The van der Waals surface area contributed by atoms with Crippen molar-refractivity contribution in [3.8, 4) is 0 Å². The van der Waals surface area contributed by atoms with Crippen LogP contribution < -0.4 is 15.5 Å². The number of carboxylic acids is 1. The topological polar surface area (TPSA) is 98.7 Å². The lowest BCUT2D eigenvalue weighted by Crippen LogP contribution is -2.36. The fraction of sp³-hybridized carbons (Fsp3) is 0.444. The minimum Gasteiger partial charge on any atom is -0.481 e. The lowest BCUT2D eigenvalue weighted by atomic mass is 9.78. The van der Waals surface area contributed by atoms with Crippen molar-refractivity contribution in [3.05, 3.63) is 53.6 Å². The summed E-state index contributed by atoms with van der Waals surface area (Å²) in [5, 5.41) is 15.4. The molecule has 2 fully saturated rings. The fourth-order valence-corrected chi connectivity index (χ4v) is 5.10. The van der Waals surface area contributed by atoms with E-state index in [0.29, 0.717) is 24.1 Å². The lowest BCUT2D eigenvalue weighted by Gasteiger charge is -2.31. The smallest absolute Gasteiger partial charge is 0.307 e. The number of hydrogen-bond acceptors (Lipinski definition) is 4. The molecule has 7 heteroatoms. The molecule has 180 valence electrons. The summed E-state index contributed by atoms with van der Waals surface area (Å²) in [7, 11) is 0. The maximum Gasteiger partial charge on any atom is 0.307 e. The van der Waals surface area contributed by atoms with Crippen LogP contribution in [0.5, 0.6) is 0 Å². The third-order valence-corrected chi connectivity index (χ3v) is 6.90. The van der Waals surface area contributed by atoms with E-state index in [9.17, 15) is 19.5 Å². The summed E-state index contributed by atoms with van der Waals surface area (Å²) < 4.78 is 0. The number of anilines is 3. The van der Waals surface area contributed by atoms with E-state index in [1.807, 2.05) is 43.3 Å². The molecule has 0 aromatic heterocycles. The summed E-state index contributed by atoms with van der Waals surface area (Å²) >= 11 is 0. The molecule has 1 heterocycles. The number of nitrogens with one attached hydrogen (secondary N) is 2. The molecule has 2 atom stereocenters. The Hall–Kier alpha value is -3.35. The highest BCUT2D eigenvalue weighted by Crippen LogP contribution is 2.33. The quantitative estimate of drug-likeness (QED) is 0.556. The van der Waals surface area contributed by atoms with Gasteiger partial charge in [0.05, 0.1) is 17.4 Å². The van der Waals surface area contributed by atoms with E-state index >= 15 is 0 Å². The molecule has 4 rings (SSSR count). The summed E-state index contributed by atoms with van der Waals surface area (Å²) in [5.41, 5.74) is 3.63. The van der Waals surface area contributed by atoms with Gasteiger partial charge in [0.1, 0.15) is 0 Å². The second-order valence-electron chi connectivity index (χ2n) is 9.43. The first-order valence-electron chi connectivity index (χ1n) is 12.2. The Labute approximate surface area is 200 Å². The van der Waals surface area contributed by atoms with E-state index in [1.54, 1.807) is 6.07 Å². The van der Waals surface area contributed by atoms with E-state index in [-0.39, 0.29) is 11.8 Å². The van der Waals surface area contributed by atoms with Crippen molar-refractivity contribution in [2.45, 2.75) is 51.9 Å². The van der Waals surface area contributed by atoms with Gasteiger partial charge < -0.3 is 20.6 Å². The van der Waals surface area contributed by atoms with Crippen LogP contribution in [0.3, 0.4) is 0 Å². The third-order valence-electron chi connectivity index (χ3n) is 6.90. The molecule has 2 amide bonds. The Balaban J connectivity index is 1.59. The molecule has 2 aromatic carbocycles. The number of benzene rings is 2. The van der Waals surface area contributed by atoms with Crippen LogP contribution in [0.4, 0.5) is 17.1 Å². The fourth-order valence-electron chi connectivity index (χ4n) is 5.10. The van der Waals surface area contributed by atoms with Gasteiger partial charge in [-0.25, -0.2) is 0 Å². The normalized spacial score (nSPS) is 20.4. The Kier molecular flexibility index (Phi) is 7.50. The molecule has 2 aliphatic rings. The molecule has 0 bridgehead atoms. The van der Waals surface area contributed by atoms with Crippen molar-refractivity contribution in [1.29, 1.82) is 0 Å². The number of aliphatic carboxylic acids is 1. The highest BCUT2D eigenvalue weighted by atomic mass is 16.4. The minimum absolute atomic E-state index is 0.233. The first-order chi connectivity index (χ1) is 16.4. The average Bonchev–Trinajstić information content (AvgIpc) is 2.84. The lowest BCUT2D eigenvalue weighted by molar-refractivity contribution is -0.147. The van der Waals surface area contributed by atoms with E-state index in [2.05, 4.69) is 15.5 Å². The largest absolute Gasteiger partial charge is 0.481 e. The second kappa shape index (κ2) is 10.7. The molecule has 3 N–H and O–H groups in total. The summed E-state index contributed by atoms with van der Waals surface area (Å²) in [6.45, 7) is 3.75. The number of carboxylic acid groups (broad SMARTS) is 1. The van der Waals surface area contributed by atoms with Crippen LogP contribution in [-0.4, -0.2) is 36.0 Å². The zero-order valence-corrected chi connectivity index (χ0v) is 19.7. The molecule has 0 spiro atoms. The van der Waals surface area contributed by atoms with Gasteiger partial charge in [0.25, 0.3) is 5.91 Å². The highest BCUT2D eigenvalue weighted by Gasteiger charge is 2.35. The number of rotatable bonds is 6. The van der Waals surface area contributed by atoms with Crippen molar-refractivity contribution >= 4 is 34.8 Å². The van der Waals surface area contributed by atoms with Gasteiger partial charge in [0.2, 0.25) is 5.91 Å². The standard InChI is InChI=1S/C27H33N3O4/c1-18-8-7-9-19(16-18)28-26(32)23-17-20(12-13-24(23)30-14-5-2-6-15-30)29-25(31)21-10-3-4-11-22(21)27(33)34/h7-9,12-13,16-17,21-22H,2-6,10-11,14-15H2,1H3,(H,28,32)(H,29,31)(H,33,34)/t21-,22+/m1/s1. The number of aryl methyl sites for hydroxylation is 1. The van der Waals surface area contributed by atoms with Gasteiger partial charge in [-0.2, -0.15) is 0 Å². The number of piperidine rings is 1. The molecular formula is C27H33N3O4. The van der Waals surface area contributed by atoms with Crippen LogP contribution in [-0.2, 0) is 9.59 Å². The monoisotopic (exact) mass is 463 g/mol.